The summed E-state index contributed by atoms with van der Waals surface area (Å²) in [6.45, 7) is 4.60. The molecule has 1 heterocycles. The molecular weight excluding hydrogens is 395 g/mol. The maximum absolute atomic E-state index is 13.8. The van der Waals surface area contributed by atoms with Crippen LogP contribution in [-0.2, 0) is 21.6 Å². The van der Waals surface area contributed by atoms with E-state index < -0.39 is 29.3 Å². The largest absolute Gasteiger partial charge is 0.422 e. The summed E-state index contributed by atoms with van der Waals surface area (Å²) < 4.78 is 76.9. The molecule has 1 aliphatic rings. The first kappa shape index (κ1) is 21.7. The van der Waals surface area contributed by atoms with Crippen LogP contribution >= 0.6 is 0 Å². The summed E-state index contributed by atoms with van der Waals surface area (Å²) in [4.78, 5) is 0. The molecule has 0 amide bonds. The highest BCUT2D eigenvalue weighted by molar-refractivity contribution is 5.64. The number of aliphatic hydroxyl groups is 1. The molecule has 1 aliphatic heterocycles. The minimum Gasteiger partial charge on any atom is -0.339 e. The highest BCUT2D eigenvalue weighted by Crippen LogP contribution is 2.39. The zero-order valence-corrected chi connectivity index (χ0v) is 15.9. The standard InChI is InChI=1S/C21H21F5O3/c1-3-8-19(2)11-28-21(27,29-12-19)15-6-4-13(5-7-15)14-9-16(22)18(17(23)10-14)20(24,25)26/h4-7,9-10,27H,3,8,11-12H2,1-2H3. The molecule has 1 saturated heterocycles. The summed E-state index contributed by atoms with van der Waals surface area (Å²) in [5.41, 5.74) is -1.65. The third-order valence-electron chi connectivity index (χ3n) is 4.99. The summed E-state index contributed by atoms with van der Waals surface area (Å²) in [6.07, 6.45) is -3.31. The summed E-state index contributed by atoms with van der Waals surface area (Å²) >= 11 is 0. The smallest absolute Gasteiger partial charge is 0.339 e. The zero-order valence-electron chi connectivity index (χ0n) is 15.9. The first-order chi connectivity index (χ1) is 13.5. The van der Waals surface area contributed by atoms with Crippen molar-refractivity contribution in [2.45, 2.75) is 38.8 Å². The Kier molecular flexibility index (Phi) is 5.73. The fourth-order valence-corrected chi connectivity index (χ4v) is 3.43. The molecule has 2 aromatic carbocycles. The Labute approximate surface area is 165 Å². The Hall–Kier alpha value is -2.03. The van der Waals surface area contributed by atoms with Crippen LogP contribution in [0.2, 0.25) is 0 Å². The average molecular weight is 416 g/mol. The number of halogens is 5. The summed E-state index contributed by atoms with van der Waals surface area (Å²) in [7, 11) is 0. The lowest BCUT2D eigenvalue weighted by atomic mass is 9.86. The maximum atomic E-state index is 13.8. The number of hydrogen-bond donors (Lipinski definition) is 1. The number of ether oxygens (including phenoxy) is 2. The van der Waals surface area contributed by atoms with Gasteiger partial charge in [0, 0.05) is 11.0 Å². The number of rotatable bonds is 4. The van der Waals surface area contributed by atoms with E-state index in [2.05, 4.69) is 0 Å². The van der Waals surface area contributed by atoms with E-state index in [4.69, 9.17) is 9.47 Å². The minimum absolute atomic E-state index is 0.0625. The van der Waals surface area contributed by atoms with Crippen molar-refractivity contribution in [1.82, 2.24) is 0 Å². The van der Waals surface area contributed by atoms with Crippen LogP contribution in [0.25, 0.3) is 11.1 Å². The topological polar surface area (TPSA) is 38.7 Å². The van der Waals surface area contributed by atoms with Crippen molar-refractivity contribution in [3.8, 4) is 11.1 Å². The lowest BCUT2D eigenvalue weighted by Gasteiger charge is -2.41. The second kappa shape index (κ2) is 7.66. The molecular formula is C21H21F5O3. The summed E-state index contributed by atoms with van der Waals surface area (Å²) in [5, 5.41) is 10.6. The van der Waals surface area contributed by atoms with Crippen LogP contribution < -0.4 is 0 Å². The van der Waals surface area contributed by atoms with Gasteiger partial charge in [0.1, 0.15) is 17.2 Å². The van der Waals surface area contributed by atoms with Crippen molar-refractivity contribution in [1.29, 1.82) is 0 Å². The second-order valence-electron chi connectivity index (χ2n) is 7.61. The molecule has 3 nitrogen and oxygen atoms in total. The van der Waals surface area contributed by atoms with Crippen molar-refractivity contribution in [3.63, 3.8) is 0 Å². The first-order valence-electron chi connectivity index (χ1n) is 9.15. The van der Waals surface area contributed by atoms with Gasteiger partial charge in [0.05, 0.1) is 13.2 Å². The fraction of sp³-hybridized carbons (Fsp3) is 0.429. The van der Waals surface area contributed by atoms with Gasteiger partial charge >= 0.3 is 12.1 Å². The summed E-state index contributed by atoms with van der Waals surface area (Å²) in [5.74, 6) is -5.34. The van der Waals surface area contributed by atoms with E-state index in [0.29, 0.717) is 12.1 Å². The highest BCUT2D eigenvalue weighted by atomic mass is 19.4. The Bertz CT molecular complexity index is 846. The van der Waals surface area contributed by atoms with Crippen LogP contribution in [0.15, 0.2) is 36.4 Å². The van der Waals surface area contributed by atoms with Gasteiger partial charge in [-0.05, 0) is 29.7 Å². The molecule has 0 unspecified atom stereocenters. The number of hydrogen-bond acceptors (Lipinski definition) is 3. The molecule has 8 heteroatoms. The van der Waals surface area contributed by atoms with Crippen molar-refractivity contribution in [3.05, 3.63) is 59.2 Å². The molecule has 158 valence electrons. The highest BCUT2D eigenvalue weighted by Gasteiger charge is 2.42. The van der Waals surface area contributed by atoms with E-state index in [1.807, 2.05) is 13.8 Å². The van der Waals surface area contributed by atoms with Crippen LogP contribution in [0, 0.1) is 17.0 Å². The van der Waals surface area contributed by atoms with Crippen LogP contribution in [0.5, 0.6) is 0 Å². The minimum atomic E-state index is -5.12. The van der Waals surface area contributed by atoms with Crippen LogP contribution in [-0.4, -0.2) is 18.3 Å². The van der Waals surface area contributed by atoms with E-state index >= 15 is 0 Å². The van der Waals surface area contributed by atoms with E-state index in [0.717, 1.165) is 12.8 Å². The van der Waals surface area contributed by atoms with E-state index in [1.54, 1.807) is 0 Å². The van der Waals surface area contributed by atoms with Gasteiger partial charge in [-0.3, -0.25) is 0 Å². The van der Waals surface area contributed by atoms with Crippen LogP contribution in [0.1, 0.15) is 37.8 Å². The average Bonchev–Trinajstić information content (AvgIpc) is 2.63. The third kappa shape index (κ3) is 4.44. The molecule has 0 aliphatic carbocycles. The lowest BCUT2D eigenvalue weighted by Crippen LogP contribution is -2.46. The van der Waals surface area contributed by atoms with Crippen molar-refractivity contribution >= 4 is 0 Å². The van der Waals surface area contributed by atoms with Gasteiger partial charge in [-0.1, -0.05) is 44.5 Å². The van der Waals surface area contributed by atoms with E-state index in [1.165, 1.54) is 24.3 Å². The first-order valence-corrected chi connectivity index (χ1v) is 9.15. The third-order valence-corrected chi connectivity index (χ3v) is 4.99. The molecule has 0 aromatic heterocycles. The number of alkyl halides is 3. The fourth-order valence-electron chi connectivity index (χ4n) is 3.43. The molecule has 2 aromatic rings. The maximum Gasteiger partial charge on any atom is 0.422 e. The molecule has 0 atom stereocenters. The van der Waals surface area contributed by atoms with Gasteiger partial charge < -0.3 is 14.6 Å². The Balaban J connectivity index is 1.83. The SMILES string of the molecule is CCCC1(C)COC(O)(c2ccc(-c3cc(F)c(C(F)(F)F)c(F)c3)cc2)OC1. The molecule has 1 fully saturated rings. The van der Waals surface area contributed by atoms with Gasteiger partial charge in [-0.15, -0.1) is 0 Å². The molecule has 0 saturated carbocycles. The normalized spacial score (nSPS) is 25.2. The molecule has 0 spiro atoms. The van der Waals surface area contributed by atoms with Gasteiger partial charge in [0.2, 0.25) is 0 Å². The monoisotopic (exact) mass is 416 g/mol. The molecule has 1 N–H and O–H groups in total. The van der Waals surface area contributed by atoms with E-state index in [9.17, 15) is 27.1 Å². The van der Waals surface area contributed by atoms with Crippen molar-refractivity contribution in [2.75, 3.05) is 13.2 Å². The van der Waals surface area contributed by atoms with Gasteiger partial charge in [0.25, 0.3) is 0 Å². The second-order valence-corrected chi connectivity index (χ2v) is 7.61. The molecule has 0 radical (unpaired) electrons. The zero-order chi connectivity index (χ0) is 21.4. The lowest BCUT2D eigenvalue weighted by molar-refractivity contribution is -0.414. The molecule has 3 rings (SSSR count). The molecule has 29 heavy (non-hydrogen) atoms. The Morgan fingerprint density at radius 3 is 1.93 bits per heavy atom. The van der Waals surface area contributed by atoms with Crippen molar-refractivity contribution < 1.29 is 36.5 Å². The van der Waals surface area contributed by atoms with E-state index in [-0.39, 0.29) is 35.3 Å². The summed E-state index contributed by atoms with van der Waals surface area (Å²) in [6, 6.07) is 6.96. The Morgan fingerprint density at radius 1 is 0.966 bits per heavy atom. The number of benzene rings is 2. The van der Waals surface area contributed by atoms with Gasteiger partial charge in [-0.2, -0.15) is 13.2 Å². The van der Waals surface area contributed by atoms with Crippen LogP contribution in [0.3, 0.4) is 0 Å². The van der Waals surface area contributed by atoms with Gasteiger partial charge in [0.15, 0.2) is 0 Å². The predicted octanol–water partition coefficient (Wildman–Crippen LogP) is 5.61. The Morgan fingerprint density at radius 2 is 1.48 bits per heavy atom. The predicted molar refractivity (Wildman–Crippen MR) is 95.6 cm³/mol. The quantitative estimate of drug-likeness (QED) is 0.659. The van der Waals surface area contributed by atoms with Crippen LogP contribution in [0.4, 0.5) is 22.0 Å². The van der Waals surface area contributed by atoms with Crippen molar-refractivity contribution in [2.24, 2.45) is 5.41 Å². The molecule has 0 bridgehead atoms. The van der Waals surface area contributed by atoms with Gasteiger partial charge in [-0.25, -0.2) is 8.78 Å².